The molecule has 172 valence electrons. The number of benzene rings is 1. The zero-order chi connectivity index (χ0) is 22.6. The molecule has 0 bridgehead atoms. The summed E-state index contributed by atoms with van der Waals surface area (Å²) >= 11 is 6.27. The monoisotopic (exact) mass is 450 g/mol. The van der Waals surface area contributed by atoms with Crippen molar-refractivity contribution in [3.63, 3.8) is 0 Å². The number of carbonyl (C=O) groups is 2. The topological polar surface area (TPSA) is 59.1 Å². The highest BCUT2D eigenvalue weighted by molar-refractivity contribution is 6.30. The first-order valence-corrected chi connectivity index (χ1v) is 11.6. The summed E-state index contributed by atoms with van der Waals surface area (Å²) in [4.78, 5) is 29.8. The molecule has 2 aliphatic rings. The molecule has 1 atom stereocenters. The molecule has 6 nitrogen and oxygen atoms in total. The fourth-order valence-corrected chi connectivity index (χ4v) is 4.83. The Hall–Kier alpha value is -1.79. The molecule has 31 heavy (non-hydrogen) atoms. The van der Waals surface area contributed by atoms with Crippen LogP contribution in [-0.2, 0) is 19.7 Å². The second-order valence-corrected chi connectivity index (χ2v) is 10.3. The van der Waals surface area contributed by atoms with Crippen LogP contribution in [0.1, 0.15) is 52.0 Å². The fourth-order valence-electron chi connectivity index (χ4n) is 4.63. The van der Waals surface area contributed by atoms with E-state index in [9.17, 15) is 9.59 Å². The molecule has 0 N–H and O–H groups in total. The van der Waals surface area contributed by atoms with E-state index in [2.05, 4.69) is 0 Å². The van der Waals surface area contributed by atoms with Crippen molar-refractivity contribution in [3.8, 4) is 0 Å². The summed E-state index contributed by atoms with van der Waals surface area (Å²) in [5.41, 5.74) is -0.143. The van der Waals surface area contributed by atoms with Gasteiger partial charge in [0.1, 0.15) is 5.60 Å². The number of amides is 2. The lowest BCUT2D eigenvalue weighted by atomic mass is 9.72. The van der Waals surface area contributed by atoms with Crippen LogP contribution in [0.25, 0.3) is 0 Å². The normalized spacial score (nSPS) is 21.5. The largest absolute Gasteiger partial charge is 0.444 e. The van der Waals surface area contributed by atoms with Crippen LogP contribution in [-0.4, -0.2) is 67.3 Å². The van der Waals surface area contributed by atoms with E-state index in [1.165, 1.54) is 0 Å². The van der Waals surface area contributed by atoms with Gasteiger partial charge in [0.2, 0.25) is 5.91 Å². The molecular weight excluding hydrogens is 416 g/mol. The molecule has 0 aromatic heterocycles. The number of piperidine rings is 1. The lowest BCUT2D eigenvalue weighted by molar-refractivity contribution is -0.143. The molecule has 2 fully saturated rings. The van der Waals surface area contributed by atoms with Gasteiger partial charge in [0.15, 0.2) is 0 Å². The number of hydrogen-bond acceptors (Lipinski definition) is 4. The first kappa shape index (κ1) is 23.9. The van der Waals surface area contributed by atoms with Crippen LogP contribution in [0.15, 0.2) is 24.3 Å². The molecule has 2 saturated heterocycles. The van der Waals surface area contributed by atoms with Gasteiger partial charge in [0.05, 0.1) is 5.41 Å². The number of ether oxygens (including phenoxy) is 2. The predicted molar refractivity (Wildman–Crippen MR) is 121 cm³/mol. The second kappa shape index (κ2) is 9.78. The van der Waals surface area contributed by atoms with Crippen LogP contribution in [0.2, 0.25) is 5.02 Å². The van der Waals surface area contributed by atoms with Crippen LogP contribution < -0.4 is 0 Å². The van der Waals surface area contributed by atoms with Crippen LogP contribution in [0.3, 0.4) is 0 Å². The maximum atomic E-state index is 13.9. The quantitative estimate of drug-likeness (QED) is 0.677. The number of rotatable bonds is 4. The van der Waals surface area contributed by atoms with E-state index in [0.717, 1.165) is 24.9 Å². The van der Waals surface area contributed by atoms with Gasteiger partial charge in [0.25, 0.3) is 0 Å². The van der Waals surface area contributed by atoms with Gasteiger partial charge >= 0.3 is 6.09 Å². The maximum absolute atomic E-state index is 13.9. The summed E-state index contributed by atoms with van der Waals surface area (Å²) in [6, 6.07) is 7.68. The molecular formula is C24H35ClN2O4. The van der Waals surface area contributed by atoms with Crippen molar-refractivity contribution in [2.24, 2.45) is 5.92 Å². The Morgan fingerprint density at radius 2 is 2.00 bits per heavy atom. The van der Waals surface area contributed by atoms with E-state index in [4.69, 9.17) is 21.1 Å². The number of carbonyl (C=O) groups excluding carboxylic acids is 2. The van der Waals surface area contributed by atoms with Gasteiger partial charge in [-0.15, -0.1) is 0 Å². The SMILES string of the molecule is CN(CC1CCCN(C(=O)C2(c3cccc(Cl)c3)CCOCC2)C1)C(=O)OC(C)(C)C. The average molecular weight is 451 g/mol. The van der Waals surface area contributed by atoms with Crippen molar-refractivity contribution >= 4 is 23.6 Å². The molecule has 0 aliphatic carbocycles. The lowest BCUT2D eigenvalue weighted by Crippen LogP contribution is -2.53. The number of halogens is 1. The average Bonchev–Trinajstić information content (AvgIpc) is 2.72. The molecule has 2 aliphatic heterocycles. The first-order chi connectivity index (χ1) is 14.6. The van der Waals surface area contributed by atoms with Crippen LogP contribution in [0, 0.1) is 5.92 Å². The molecule has 0 radical (unpaired) electrons. The second-order valence-electron chi connectivity index (χ2n) is 9.83. The van der Waals surface area contributed by atoms with Crippen molar-refractivity contribution in [3.05, 3.63) is 34.9 Å². The van der Waals surface area contributed by atoms with Crippen molar-refractivity contribution in [1.29, 1.82) is 0 Å². The van der Waals surface area contributed by atoms with E-state index < -0.39 is 11.0 Å². The van der Waals surface area contributed by atoms with Gasteiger partial charge in [-0.2, -0.15) is 0 Å². The van der Waals surface area contributed by atoms with Gasteiger partial charge in [0, 0.05) is 44.9 Å². The molecule has 1 aromatic carbocycles. The predicted octanol–water partition coefficient (Wildman–Crippen LogP) is 4.49. The molecule has 2 heterocycles. The third-order valence-corrected chi connectivity index (χ3v) is 6.41. The van der Waals surface area contributed by atoms with Crippen molar-refractivity contribution < 1.29 is 19.1 Å². The molecule has 7 heteroatoms. The highest BCUT2D eigenvalue weighted by Crippen LogP contribution is 2.38. The third kappa shape index (κ3) is 5.92. The minimum atomic E-state index is -0.595. The Morgan fingerprint density at radius 1 is 1.29 bits per heavy atom. The standard InChI is InChI=1S/C24H35ClN2O4/c1-23(2,3)31-22(29)26(4)16-18-7-6-12-27(17-18)21(28)24(10-13-30-14-11-24)19-8-5-9-20(25)15-19/h5,8-9,15,18H,6-7,10-14,16-17H2,1-4H3. The van der Waals surface area contributed by atoms with E-state index in [1.54, 1.807) is 11.9 Å². The Labute approximate surface area is 190 Å². The van der Waals surface area contributed by atoms with Gasteiger partial charge in [-0.25, -0.2) is 4.79 Å². The lowest BCUT2D eigenvalue weighted by Gasteiger charge is -2.43. The summed E-state index contributed by atoms with van der Waals surface area (Å²) in [6.45, 7) is 8.69. The summed E-state index contributed by atoms with van der Waals surface area (Å²) in [5, 5.41) is 0.645. The highest BCUT2D eigenvalue weighted by atomic mass is 35.5. The fraction of sp³-hybridized carbons (Fsp3) is 0.667. The molecule has 0 saturated carbocycles. The molecule has 0 spiro atoms. The molecule has 1 unspecified atom stereocenters. The van der Waals surface area contributed by atoms with Crippen LogP contribution in [0.5, 0.6) is 0 Å². The first-order valence-electron chi connectivity index (χ1n) is 11.2. The Kier molecular flexibility index (Phi) is 7.53. The molecule has 3 rings (SSSR count). The van der Waals surface area contributed by atoms with E-state index >= 15 is 0 Å². The van der Waals surface area contributed by atoms with E-state index in [1.807, 2.05) is 49.9 Å². The maximum Gasteiger partial charge on any atom is 0.410 e. The number of hydrogen-bond donors (Lipinski definition) is 0. The zero-order valence-corrected chi connectivity index (χ0v) is 19.9. The van der Waals surface area contributed by atoms with Crippen molar-refractivity contribution in [2.45, 2.75) is 57.5 Å². The van der Waals surface area contributed by atoms with E-state index in [0.29, 0.717) is 44.2 Å². The molecule has 1 aromatic rings. The van der Waals surface area contributed by atoms with Gasteiger partial charge in [-0.1, -0.05) is 23.7 Å². The Balaban J connectivity index is 1.72. The summed E-state index contributed by atoms with van der Waals surface area (Å²) in [5.74, 6) is 0.383. The minimum Gasteiger partial charge on any atom is -0.444 e. The summed E-state index contributed by atoms with van der Waals surface area (Å²) in [6.07, 6.45) is 2.91. The zero-order valence-electron chi connectivity index (χ0n) is 19.2. The van der Waals surface area contributed by atoms with Crippen LogP contribution in [0.4, 0.5) is 4.79 Å². The third-order valence-electron chi connectivity index (χ3n) is 6.18. The van der Waals surface area contributed by atoms with E-state index in [-0.39, 0.29) is 17.9 Å². The summed E-state index contributed by atoms with van der Waals surface area (Å²) < 4.78 is 11.1. The van der Waals surface area contributed by atoms with Crippen LogP contribution >= 0.6 is 11.6 Å². The molecule has 2 amide bonds. The van der Waals surface area contributed by atoms with Crippen molar-refractivity contribution in [1.82, 2.24) is 9.80 Å². The minimum absolute atomic E-state index is 0.155. The Bertz CT molecular complexity index is 786. The highest BCUT2D eigenvalue weighted by Gasteiger charge is 2.45. The van der Waals surface area contributed by atoms with Gasteiger partial charge < -0.3 is 19.3 Å². The van der Waals surface area contributed by atoms with Gasteiger partial charge in [-0.05, 0) is 70.1 Å². The van der Waals surface area contributed by atoms with Crippen molar-refractivity contribution in [2.75, 3.05) is 39.9 Å². The Morgan fingerprint density at radius 3 is 2.65 bits per heavy atom. The number of nitrogens with zero attached hydrogens (tertiary/aromatic N) is 2. The number of likely N-dealkylation sites (tertiary alicyclic amines) is 1. The smallest absolute Gasteiger partial charge is 0.410 e. The summed E-state index contributed by atoms with van der Waals surface area (Å²) in [7, 11) is 1.76. The van der Waals surface area contributed by atoms with Gasteiger partial charge in [-0.3, -0.25) is 4.79 Å².